The first-order chi connectivity index (χ1) is 16.1. The summed E-state index contributed by atoms with van der Waals surface area (Å²) in [7, 11) is 1.87. The number of nitrogens with zero attached hydrogens (tertiary/aromatic N) is 2. The summed E-state index contributed by atoms with van der Waals surface area (Å²) in [6, 6.07) is 12.3. The number of carbonyl (C=O) groups is 1. The molecule has 2 saturated heterocycles. The number of aromatic nitrogens is 1. The fourth-order valence-electron chi connectivity index (χ4n) is 5.21. The largest absolute Gasteiger partial charge is 0.386 e. The van der Waals surface area contributed by atoms with Gasteiger partial charge in [-0.2, -0.15) is 0 Å². The van der Waals surface area contributed by atoms with E-state index in [-0.39, 0.29) is 5.91 Å². The number of thiophene rings is 1. The van der Waals surface area contributed by atoms with Gasteiger partial charge in [0.2, 0.25) is 0 Å². The van der Waals surface area contributed by atoms with Crippen LogP contribution in [-0.2, 0) is 12.8 Å². The summed E-state index contributed by atoms with van der Waals surface area (Å²) in [5.74, 6) is -0.0361. The molecule has 1 amide bonds. The molecular weight excluding hydrogens is 430 g/mol. The zero-order valence-electron chi connectivity index (χ0n) is 19.7. The van der Waals surface area contributed by atoms with E-state index in [4.69, 9.17) is 4.98 Å². The maximum atomic E-state index is 13.0. The van der Waals surface area contributed by atoms with E-state index < -0.39 is 0 Å². The van der Waals surface area contributed by atoms with Crippen LogP contribution < -0.4 is 20.9 Å². The molecule has 2 bridgehead atoms. The van der Waals surface area contributed by atoms with Crippen molar-refractivity contribution in [2.75, 3.05) is 36.9 Å². The Hall–Kier alpha value is -2.64. The summed E-state index contributed by atoms with van der Waals surface area (Å²) in [6.07, 6.45) is 4.30. The molecule has 5 rings (SSSR count). The van der Waals surface area contributed by atoms with Crippen LogP contribution in [0.25, 0.3) is 10.2 Å². The van der Waals surface area contributed by atoms with E-state index in [1.54, 1.807) is 0 Å². The third-order valence-electron chi connectivity index (χ3n) is 6.99. The summed E-state index contributed by atoms with van der Waals surface area (Å²) in [5, 5.41) is 11.0. The van der Waals surface area contributed by atoms with Crippen LogP contribution in [0.15, 0.2) is 30.3 Å². The first-order valence-corrected chi connectivity index (χ1v) is 12.9. The predicted octanol–water partition coefficient (Wildman–Crippen LogP) is 4.12. The zero-order chi connectivity index (χ0) is 22.9. The molecule has 2 aliphatic rings. The second-order valence-electron chi connectivity index (χ2n) is 9.23. The SMILES string of the molecule is CCc1nc2sc(C(=O)NCCc3ccc(N4C[C@H]5CC[C@@H](C4)N5)cc3)c(NC)c2cc1C. The van der Waals surface area contributed by atoms with Crippen LogP contribution in [-0.4, -0.2) is 49.7 Å². The van der Waals surface area contributed by atoms with Gasteiger partial charge in [0.25, 0.3) is 5.91 Å². The number of fused-ring (bicyclic) bond motifs is 3. The van der Waals surface area contributed by atoms with Gasteiger partial charge < -0.3 is 20.9 Å². The Labute approximate surface area is 199 Å². The third-order valence-corrected chi connectivity index (χ3v) is 8.08. The number of anilines is 2. The Morgan fingerprint density at radius 2 is 1.94 bits per heavy atom. The van der Waals surface area contributed by atoms with Crippen LogP contribution in [0.3, 0.4) is 0 Å². The van der Waals surface area contributed by atoms with Gasteiger partial charge in [-0.15, -0.1) is 11.3 Å². The zero-order valence-corrected chi connectivity index (χ0v) is 20.5. The summed E-state index contributed by atoms with van der Waals surface area (Å²) in [4.78, 5) is 21.9. The first kappa shape index (κ1) is 22.2. The molecule has 6 nitrogen and oxygen atoms in total. The van der Waals surface area contributed by atoms with Gasteiger partial charge in [0.05, 0.1) is 5.69 Å². The minimum absolute atomic E-state index is 0.0361. The molecule has 33 heavy (non-hydrogen) atoms. The average Bonchev–Trinajstić information content (AvgIpc) is 3.36. The fourth-order valence-corrected chi connectivity index (χ4v) is 6.31. The summed E-state index contributed by atoms with van der Waals surface area (Å²) < 4.78 is 0. The van der Waals surface area contributed by atoms with Gasteiger partial charge in [-0.3, -0.25) is 4.79 Å². The number of benzene rings is 1. The normalized spacial score (nSPS) is 19.8. The minimum atomic E-state index is -0.0361. The van der Waals surface area contributed by atoms with Gasteiger partial charge in [0.15, 0.2) is 0 Å². The lowest BCUT2D eigenvalue weighted by molar-refractivity contribution is 0.0959. The van der Waals surface area contributed by atoms with Crippen LogP contribution in [0.1, 0.15) is 46.3 Å². The lowest BCUT2D eigenvalue weighted by Crippen LogP contribution is -2.51. The summed E-state index contributed by atoms with van der Waals surface area (Å²) >= 11 is 1.47. The molecule has 0 radical (unpaired) electrons. The molecule has 0 unspecified atom stereocenters. The Kier molecular flexibility index (Phi) is 6.25. The van der Waals surface area contributed by atoms with Crippen molar-refractivity contribution in [3.8, 4) is 0 Å². The van der Waals surface area contributed by atoms with Gasteiger partial charge in [0, 0.05) is 55.5 Å². The molecule has 2 aliphatic heterocycles. The number of aryl methyl sites for hydroxylation is 2. The smallest absolute Gasteiger partial charge is 0.263 e. The molecule has 2 fully saturated rings. The molecule has 0 saturated carbocycles. The van der Waals surface area contributed by atoms with Crippen LogP contribution in [0, 0.1) is 6.92 Å². The molecule has 7 heteroatoms. The van der Waals surface area contributed by atoms with Crippen molar-refractivity contribution in [2.24, 2.45) is 0 Å². The molecule has 3 aromatic rings. The van der Waals surface area contributed by atoms with E-state index in [1.165, 1.54) is 41.0 Å². The molecule has 4 heterocycles. The highest BCUT2D eigenvalue weighted by molar-refractivity contribution is 7.21. The molecule has 3 N–H and O–H groups in total. The molecule has 174 valence electrons. The molecular formula is C26H33N5OS. The number of carbonyl (C=O) groups excluding carboxylic acids is 1. The van der Waals surface area contributed by atoms with Crippen molar-refractivity contribution in [3.63, 3.8) is 0 Å². The number of amides is 1. The predicted molar refractivity (Wildman–Crippen MR) is 138 cm³/mol. The highest BCUT2D eigenvalue weighted by Crippen LogP contribution is 2.35. The number of piperazine rings is 1. The van der Waals surface area contributed by atoms with Crippen LogP contribution in [0.4, 0.5) is 11.4 Å². The third kappa shape index (κ3) is 4.44. The van der Waals surface area contributed by atoms with E-state index in [2.05, 4.69) is 65.0 Å². The number of nitrogens with one attached hydrogen (secondary N) is 3. The van der Waals surface area contributed by atoms with Gasteiger partial charge in [-0.1, -0.05) is 19.1 Å². The van der Waals surface area contributed by atoms with Gasteiger partial charge >= 0.3 is 0 Å². The van der Waals surface area contributed by atoms with Crippen LogP contribution in [0.2, 0.25) is 0 Å². The van der Waals surface area contributed by atoms with Crippen LogP contribution in [0.5, 0.6) is 0 Å². The summed E-state index contributed by atoms with van der Waals surface area (Å²) in [5.41, 5.74) is 5.69. The van der Waals surface area contributed by atoms with Crippen molar-refractivity contribution in [3.05, 3.63) is 52.0 Å². The second-order valence-corrected chi connectivity index (χ2v) is 10.2. The number of hydrogen-bond acceptors (Lipinski definition) is 6. The number of rotatable bonds is 7. The Balaban J connectivity index is 1.21. The maximum absolute atomic E-state index is 13.0. The van der Waals surface area contributed by atoms with E-state index in [9.17, 15) is 4.79 Å². The van der Waals surface area contributed by atoms with E-state index >= 15 is 0 Å². The highest BCUT2D eigenvalue weighted by atomic mass is 32.1. The maximum Gasteiger partial charge on any atom is 0.263 e. The number of pyridine rings is 1. The van der Waals surface area contributed by atoms with E-state index in [1.807, 2.05) is 7.05 Å². The van der Waals surface area contributed by atoms with Crippen molar-refractivity contribution >= 4 is 38.8 Å². The van der Waals surface area contributed by atoms with Crippen molar-refractivity contribution in [2.45, 2.75) is 51.6 Å². The minimum Gasteiger partial charge on any atom is -0.386 e. The van der Waals surface area contributed by atoms with E-state index in [0.29, 0.717) is 23.5 Å². The monoisotopic (exact) mass is 463 g/mol. The van der Waals surface area contributed by atoms with Gasteiger partial charge in [0.1, 0.15) is 9.71 Å². The fraction of sp³-hybridized carbons (Fsp3) is 0.462. The highest BCUT2D eigenvalue weighted by Gasteiger charge is 2.32. The van der Waals surface area contributed by atoms with Crippen molar-refractivity contribution in [1.29, 1.82) is 0 Å². The van der Waals surface area contributed by atoms with Crippen molar-refractivity contribution < 1.29 is 4.79 Å². The standard InChI is InChI=1S/C26H33N5OS/c1-4-22-16(2)13-21-23(27-3)24(33-26(21)30-22)25(32)28-12-11-17-5-9-20(10-6-17)31-14-18-7-8-19(15-31)29-18/h5-6,9-10,13,18-19,27,29H,4,7-8,11-12,14-15H2,1-3H3,(H,28,32)/t18-,19+. The molecule has 1 aromatic carbocycles. The topological polar surface area (TPSA) is 69.3 Å². The Bertz CT molecular complexity index is 1140. The average molecular weight is 464 g/mol. The summed E-state index contributed by atoms with van der Waals surface area (Å²) in [6.45, 7) is 7.01. The first-order valence-electron chi connectivity index (χ1n) is 12.0. The van der Waals surface area contributed by atoms with Gasteiger partial charge in [-0.25, -0.2) is 4.98 Å². The molecule has 2 atom stereocenters. The lowest BCUT2D eigenvalue weighted by atomic mass is 10.1. The second kappa shape index (κ2) is 9.31. The van der Waals surface area contributed by atoms with E-state index in [0.717, 1.165) is 47.5 Å². The quantitative estimate of drug-likeness (QED) is 0.492. The van der Waals surface area contributed by atoms with Crippen LogP contribution >= 0.6 is 11.3 Å². The van der Waals surface area contributed by atoms with Crippen molar-refractivity contribution in [1.82, 2.24) is 15.6 Å². The Morgan fingerprint density at radius 1 is 1.21 bits per heavy atom. The Morgan fingerprint density at radius 3 is 2.61 bits per heavy atom. The van der Waals surface area contributed by atoms with Gasteiger partial charge in [-0.05, 0) is 61.9 Å². The lowest BCUT2D eigenvalue weighted by Gasteiger charge is -2.34. The molecule has 0 spiro atoms. The number of hydrogen-bond donors (Lipinski definition) is 3. The molecule has 2 aromatic heterocycles. The molecule has 0 aliphatic carbocycles.